The second-order valence-corrected chi connectivity index (χ2v) is 10.2. The fourth-order valence-electron chi connectivity index (χ4n) is 5.23. The Morgan fingerprint density at radius 1 is 0.917 bits per heavy atom. The van der Waals surface area contributed by atoms with Crippen LogP contribution in [0.15, 0.2) is 48.5 Å². The Labute approximate surface area is 217 Å². The Balaban J connectivity index is 1.75. The first kappa shape index (κ1) is 28.0. The van der Waals surface area contributed by atoms with Gasteiger partial charge in [0.2, 0.25) is 0 Å². The van der Waals surface area contributed by atoms with Crippen molar-refractivity contribution in [3.05, 3.63) is 59.7 Å². The maximum Gasteiger partial charge on any atom is 0.309 e. The average Bonchev–Trinajstić information content (AvgIpc) is 2.88. The minimum atomic E-state index is -0.301. The highest BCUT2D eigenvalue weighted by Crippen LogP contribution is 2.37. The van der Waals surface area contributed by atoms with Crippen LogP contribution < -0.4 is 4.74 Å². The van der Waals surface area contributed by atoms with Crippen LogP contribution in [0.5, 0.6) is 11.5 Å². The van der Waals surface area contributed by atoms with Crippen LogP contribution in [-0.4, -0.2) is 30.1 Å². The summed E-state index contributed by atoms with van der Waals surface area (Å²) in [6.45, 7) is 8.74. The number of ether oxygens (including phenoxy) is 3. The third kappa shape index (κ3) is 8.55. The van der Waals surface area contributed by atoms with Gasteiger partial charge in [-0.05, 0) is 106 Å². The van der Waals surface area contributed by atoms with Crippen LogP contribution >= 0.6 is 0 Å². The molecule has 0 amide bonds. The first-order chi connectivity index (χ1) is 17.4. The molecule has 0 heterocycles. The summed E-state index contributed by atoms with van der Waals surface area (Å²) in [5, 5.41) is 9.69. The molecule has 4 atom stereocenters. The molecule has 5 nitrogen and oxygen atoms in total. The molecule has 2 aromatic carbocycles. The summed E-state index contributed by atoms with van der Waals surface area (Å²) in [6.07, 6.45) is 7.72. The van der Waals surface area contributed by atoms with Gasteiger partial charge in [0.15, 0.2) is 6.29 Å². The van der Waals surface area contributed by atoms with E-state index in [4.69, 9.17) is 14.2 Å². The zero-order valence-electron chi connectivity index (χ0n) is 22.4. The first-order valence-electron chi connectivity index (χ1n) is 13.8. The summed E-state index contributed by atoms with van der Waals surface area (Å²) in [5.41, 5.74) is 2.38. The van der Waals surface area contributed by atoms with Crippen molar-refractivity contribution in [2.45, 2.75) is 103 Å². The molecule has 0 radical (unpaired) electrons. The molecule has 4 unspecified atom stereocenters. The maximum atomic E-state index is 13.2. The highest BCUT2D eigenvalue weighted by Gasteiger charge is 2.28. The Morgan fingerprint density at radius 3 is 2.17 bits per heavy atom. The smallest absolute Gasteiger partial charge is 0.309 e. The molecular formula is C31H44O5. The largest absolute Gasteiger partial charge is 0.508 e. The standard InChI is InChI=1S/C31H44O5/c1-5-24(31(33)36-29-10-8-7-9-11-29)21-27(20-22(3)25-12-16-28(32)17-13-25)26-14-18-30(19-15-26)35-23(4)34-6-2/h12-19,22-24,27,29,32H,5-11,20-21H2,1-4H3. The lowest BCUT2D eigenvalue weighted by molar-refractivity contribution is -0.156. The monoisotopic (exact) mass is 496 g/mol. The van der Waals surface area contributed by atoms with E-state index in [0.717, 1.165) is 50.7 Å². The molecule has 0 spiro atoms. The van der Waals surface area contributed by atoms with Gasteiger partial charge in [0.05, 0.1) is 5.92 Å². The zero-order valence-corrected chi connectivity index (χ0v) is 22.4. The van der Waals surface area contributed by atoms with E-state index in [9.17, 15) is 9.90 Å². The second-order valence-electron chi connectivity index (χ2n) is 10.2. The minimum Gasteiger partial charge on any atom is -0.508 e. The lowest BCUT2D eigenvalue weighted by Crippen LogP contribution is -2.27. The van der Waals surface area contributed by atoms with Gasteiger partial charge >= 0.3 is 5.97 Å². The van der Waals surface area contributed by atoms with Gasteiger partial charge in [-0.3, -0.25) is 4.79 Å². The number of rotatable bonds is 13. The van der Waals surface area contributed by atoms with Crippen molar-refractivity contribution in [3.8, 4) is 11.5 Å². The van der Waals surface area contributed by atoms with E-state index in [0.29, 0.717) is 6.61 Å². The Kier molecular flexibility index (Phi) is 11.1. The fraction of sp³-hybridized carbons (Fsp3) is 0.581. The number of phenolic OH excluding ortho intramolecular Hbond substituents is 1. The topological polar surface area (TPSA) is 65.0 Å². The molecule has 3 rings (SSSR count). The average molecular weight is 497 g/mol. The van der Waals surface area contributed by atoms with Gasteiger partial charge in [0.25, 0.3) is 0 Å². The van der Waals surface area contributed by atoms with E-state index in [1.165, 1.54) is 17.5 Å². The molecule has 1 aliphatic rings. The molecule has 0 aliphatic heterocycles. The summed E-state index contributed by atoms with van der Waals surface area (Å²) >= 11 is 0. The Bertz CT molecular complexity index is 902. The summed E-state index contributed by atoms with van der Waals surface area (Å²) in [4.78, 5) is 13.2. The van der Waals surface area contributed by atoms with E-state index in [-0.39, 0.29) is 41.9 Å². The second kappa shape index (κ2) is 14.3. The zero-order chi connectivity index (χ0) is 25.9. The quantitative estimate of drug-likeness (QED) is 0.227. The normalized spacial score (nSPS) is 17.7. The van der Waals surface area contributed by atoms with Crippen molar-refractivity contribution < 1.29 is 24.1 Å². The molecule has 5 heteroatoms. The van der Waals surface area contributed by atoms with Crippen LogP contribution in [0.1, 0.15) is 102 Å². The number of hydrogen-bond acceptors (Lipinski definition) is 5. The van der Waals surface area contributed by atoms with Crippen molar-refractivity contribution >= 4 is 5.97 Å². The van der Waals surface area contributed by atoms with Crippen molar-refractivity contribution in [3.63, 3.8) is 0 Å². The van der Waals surface area contributed by atoms with Crippen LogP contribution in [0, 0.1) is 5.92 Å². The number of carbonyl (C=O) groups excluding carboxylic acids is 1. The van der Waals surface area contributed by atoms with Crippen LogP contribution in [0.3, 0.4) is 0 Å². The van der Waals surface area contributed by atoms with Crippen LogP contribution in [0.25, 0.3) is 0 Å². The predicted molar refractivity (Wildman–Crippen MR) is 143 cm³/mol. The number of carbonyl (C=O) groups is 1. The molecular weight excluding hydrogens is 452 g/mol. The van der Waals surface area contributed by atoms with Gasteiger partial charge in [0.1, 0.15) is 17.6 Å². The van der Waals surface area contributed by atoms with E-state index >= 15 is 0 Å². The highest BCUT2D eigenvalue weighted by atomic mass is 16.7. The fourth-order valence-corrected chi connectivity index (χ4v) is 5.23. The van der Waals surface area contributed by atoms with Gasteiger partial charge in [0, 0.05) is 6.61 Å². The molecule has 0 saturated heterocycles. The lowest BCUT2D eigenvalue weighted by atomic mass is 9.80. The third-order valence-corrected chi connectivity index (χ3v) is 7.39. The van der Waals surface area contributed by atoms with Crippen LogP contribution in [0.2, 0.25) is 0 Å². The maximum absolute atomic E-state index is 13.2. The lowest BCUT2D eigenvalue weighted by Gasteiger charge is -2.28. The number of benzene rings is 2. The van der Waals surface area contributed by atoms with Gasteiger partial charge < -0.3 is 19.3 Å². The summed E-state index contributed by atoms with van der Waals surface area (Å²) in [6, 6.07) is 15.7. The third-order valence-electron chi connectivity index (χ3n) is 7.39. The van der Waals surface area contributed by atoms with E-state index in [2.05, 4.69) is 26.0 Å². The van der Waals surface area contributed by atoms with Crippen molar-refractivity contribution in [1.82, 2.24) is 0 Å². The molecule has 1 N–H and O–H groups in total. The first-order valence-corrected chi connectivity index (χ1v) is 13.8. The number of phenols is 1. The van der Waals surface area contributed by atoms with E-state index < -0.39 is 0 Å². The molecule has 1 aliphatic carbocycles. The Morgan fingerprint density at radius 2 is 1.56 bits per heavy atom. The van der Waals surface area contributed by atoms with Crippen molar-refractivity contribution in [2.24, 2.45) is 5.92 Å². The molecule has 1 fully saturated rings. The SMILES string of the molecule is CCOC(C)Oc1ccc(C(CC(CC)C(=O)OC2CCCCC2)CC(C)c2ccc(O)cc2)cc1. The van der Waals surface area contributed by atoms with Crippen LogP contribution in [-0.2, 0) is 14.3 Å². The van der Waals surface area contributed by atoms with Gasteiger partial charge in [-0.2, -0.15) is 0 Å². The highest BCUT2D eigenvalue weighted by molar-refractivity contribution is 5.72. The summed E-state index contributed by atoms with van der Waals surface area (Å²) < 4.78 is 17.3. The van der Waals surface area contributed by atoms with Gasteiger partial charge in [-0.25, -0.2) is 0 Å². The van der Waals surface area contributed by atoms with Crippen molar-refractivity contribution in [1.29, 1.82) is 0 Å². The molecule has 1 saturated carbocycles. The van der Waals surface area contributed by atoms with E-state index in [1.807, 2.05) is 38.1 Å². The van der Waals surface area contributed by atoms with Crippen LogP contribution in [0.4, 0.5) is 0 Å². The number of aromatic hydroxyl groups is 1. The number of hydrogen-bond donors (Lipinski definition) is 1. The minimum absolute atomic E-state index is 0.0443. The van der Waals surface area contributed by atoms with E-state index in [1.54, 1.807) is 12.1 Å². The predicted octanol–water partition coefficient (Wildman–Crippen LogP) is 7.72. The summed E-state index contributed by atoms with van der Waals surface area (Å²) in [5.74, 6) is 1.34. The molecule has 198 valence electrons. The molecule has 0 bridgehead atoms. The van der Waals surface area contributed by atoms with Gasteiger partial charge in [-0.1, -0.05) is 44.5 Å². The molecule has 0 aromatic heterocycles. The Hall–Kier alpha value is -2.53. The van der Waals surface area contributed by atoms with Crippen molar-refractivity contribution in [2.75, 3.05) is 6.61 Å². The van der Waals surface area contributed by atoms with Gasteiger partial charge in [-0.15, -0.1) is 0 Å². The molecule has 2 aromatic rings. The summed E-state index contributed by atoms with van der Waals surface area (Å²) in [7, 11) is 0. The number of esters is 1. The molecule has 36 heavy (non-hydrogen) atoms.